The minimum absolute atomic E-state index is 0.00623. The Bertz CT molecular complexity index is 481. The second kappa shape index (κ2) is 6.93. The van der Waals surface area contributed by atoms with Crippen molar-refractivity contribution in [2.45, 2.75) is 19.8 Å². The normalized spacial score (nSPS) is 14.2. The quantitative estimate of drug-likeness (QED) is 0.771. The lowest BCUT2D eigenvalue weighted by molar-refractivity contribution is -0.132. The van der Waals surface area contributed by atoms with Gasteiger partial charge in [-0.25, -0.2) is 4.79 Å². The van der Waals surface area contributed by atoms with Crippen LogP contribution in [0.4, 0.5) is 0 Å². The third-order valence-corrected chi connectivity index (χ3v) is 3.17. The molecule has 2 rings (SSSR count). The molecule has 1 aromatic rings. The molecule has 1 heterocycles. The average Bonchev–Trinajstić information content (AvgIpc) is 2.99. The topological polar surface area (TPSA) is 55.8 Å². The van der Waals surface area contributed by atoms with Crippen LogP contribution in [0.1, 0.15) is 30.1 Å². The van der Waals surface area contributed by atoms with Gasteiger partial charge in [0.15, 0.2) is 6.61 Å². The molecule has 20 heavy (non-hydrogen) atoms. The van der Waals surface area contributed by atoms with Crippen molar-refractivity contribution < 1.29 is 19.1 Å². The number of rotatable bonds is 5. The fourth-order valence-electron chi connectivity index (χ4n) is 2.13. The summed E-state index contributed by atoms with van der Waals surface area (Å²) in [5, 5.41) is 0. The molecule has 108 valence electrons. The highest BCUT2D eigenvalue weighted by molar-refractivity contribution is 5.89. The molecule has 1 aliphatic rings. The fourth-order valence-corrected chi connectivity index (χ4v) is 2.13. The van der Waals surface area contributed by atoms with Crippen LogP contribution in [0.3, 0.4) is 0 Å². The van der Waals surface area contributed by atoms with E-state index in [1.165, 1.54) is 0 Å². The van der Waals surface area contributed by atoms with Crippen molar-refractivity contribution in [3.63, 3.8) is 0 Å². The first-order valence-corrected chi connectivity index (χ1v) is 6.88. The van der Waals surface area contributed by atoms with E-state index in [4.69, 9.17) is 9.47 Å². The molecule has 1 aliphatic heterocycles. The zero-order valence-corrected chi connectivity index (χ0v) is 11.6. The van der Waals surface area contributed by atoms with Crippen LogP contribution in [0.5, 0.6) is 5.75 Å². The monoisotopic (exact) mass is 277 g/mol. The standard InChI is InChI=1S/C15H19NO4/c1-2-19-15(18)12-6-5-7-13(10-12)20-11-14(17)16-8-3-4-9-16/h5-7,10H,2-4,8-9,11H2,1H3. The summed E-state index contributed by atoms with van der Waals surface area (Å²) in [5.41, 5.74) is 0.429. The molecule has 0 saturated carbocycles. The van der Waals surface area contributed by atoms with E-state index < -0.39 is 0 Å². The van der Waals surface area contributed by atoms with Gasteiger partial charge in [-0.2, -0.15) is 0 Å². The van der Waals surface area contributed by atoms with E-state index in [-0.39, 0.29) is 18.5 Å². The number of likely N-dealkylation sites (tertiary alicyclic amines) is 1. The maximum Gasteiger partial charge on any atom is 0.338 e. The van der Waals surface area contributed by atoms with Crippen molar-refractivity contribution in [2.24, 2.45) is 0 Å². The SMILES string of the molecule is CCOC(=O)c1cccc(OCC(=O)N2CCCC2)c1. The van der Waals surface area contributed by atoms with Crippen LogP contribution in [-0.4, -0.2) is 43.1 Å². The molecule has 1 saturated heterocycles. The molecule has 0 N–H and O–H groups in total. The third-order valence-electron chi connectivity index (χ3n) is 3.17. The van der Waals surface area contributed by atoms with Crippen LogP contribution in [-0.2, 0) is 9.53 Å². The van der Waals surface area contributed by atoms with Crippen LogP contribution in [0, 0.1) is 0 Å². The summed E-state index contributed by atoms with van der Waals surface area (Å²) in [5.74, 6) is 0.107. The molecular formula is C15H19NO4. The molecule has 1 aromatic carbocycles. The summed E-state index contributed by atoms with van der Waals surface area (Å²) >= 11 is 0. The van der Waals surface area contributed by atoms with E-state index >= 15 is 0 Å². The van der Waals surface area contributed by atoms with Gasteiger partial charge in [0, 0.05) is 13.1 Å². The first kappa shape index (κ1) is 14.4. The van der Waals surface area contributed by atoms with Gasteiger partial charge in [-0.15, -0.1) is 0 Å². The minimum Gasteiger partial charge on any atom is -0.484 e. The van der Waals surface area contributed by atoms with Gasteiger partial charge >= 0.3 is 5.97 Å². The Kier molecular flexibility index (Phi) is 4.98. The molecule has 0 spiro atoms. The summed E-state index contributed by atoms with van der Waals surface area (Å²) in [6.45, 7) is 3.72. The lowest BCUT2D eigenvalue weighted by atomic mass is 10.2. The van der Waals surface area contributed by atoms with Crippen LogP contribution in [0.25, 0.3) is 0 Å². The molecular weight excluding hydrogens is 258 g/mol. The lowest BCUT2D eigenvalue weighted by Crippen LogP contribution is -2.32. The number of esters is 1. The Morgan fingerprint density at radius 2 is 2.00 bits per heavy atom. The van der Waals surface area contributed by atoms with E-state index in [9.17, 15) is 9.59 Å². The molecule has 1 amide bonds. The van der Waals surface area contributed by atoms with E-state index in [1.807, 2.05) is 0 Å². The first-order chi connectivity index (χ1) is 9.70. The highest BCUT2D eigenvalue weighted by atomic mass is 16.5. The van der Waals surface area contributed by atoms with Crippen LogP contribution in [0.2, 0.25) is 0 Å². The van der Waals surface area contributed by atoms with Gasteiger partial charge in [0.2, 0.25) is 0 Å². The van der Waals surface area contributed by atoms with E-state index in [1.54, 1.807) is 36.1 Å². The zero-order chi connectivity index (χ0) is 14.4. The van der Waals surface area contributed by atoms with E-state index in [0.717, 1.165) is 25.9 Å². The highest BCUT2D eigenvalue weighted by Gasteiger charge is 2.18. The van der Waals surface area contributed by atoms with Crippen molar-refractivity contribution in [3.8, 4) is 5.75 Å². The summed E-state index contributed by atoms with van der Waals surface area (Å²) < 4.78 is 10.4. The molecule has 5 heteroatoms. The maximum atomic E-state index is 11.8. The van der Waals surface area contributed by atoms with E-state index in [0.29, 0.717) is 17.9 Å². The number of hydrogen-bond acceptors (Lipinski definition) is 4. The molecule has 0 radical (unpaired) electrons. The van der Waals surface area contributed by atoms with Gasteiger partial charge in [-0.3, -0.25) is 4.79 Å². The number of hydrogen-bond donors (Lipinski definition) is 0. The molecule has 0 aromatic heterocycles. The largest absolute Gasteiger partial charge is 0.484 e. The van der Waals surface area contributed by atoms with Gasteiger partial charge in [0.05, 0.1) is 12.2 Å². The number of benzene rings is 1. The van der Waals surface area contributed by atoms with Crippen LogP contribution >= 0.6 is 0 Å². The molecule has 0 atom stereocenters. The molecule has 1 fully saturated rings. The predicted octanol–water partition coefficient (Wildman–Crippen LogP) is 1.86. The van der Waals surface area contributed by atoms with E-state index in [2.05, 4.69) is 0 Å². The zero-order valence-electron chi connectivity index (χ0n) is 11.6. The van der Waals surface area contributed by atoms with Gasteiger partial charge in [0.25, 0.3) is 5.91 Å². The molecule has 0 aliphatic carbocycles. The number of nitrogens with zero attached hydrogens (tertiary/aromatic N) is 1. The number of carbonyl (C=O) groups excluding carboxylic acids is 2. The number of carbonyl (C=O) groups is 2. The third kappa shape index (κ3) is 3.73. The van der Waals surface area contributed by atoms with Crippen LogP contribution < -0.4 is 4.74 Å². The summed E-state index contributed by atoms with van der Waals surface area (Å²) in [6, 6.07) is 6.68. The van der Waals surface area contributed by atoms with Gasteiger partial charge < -0.3 is 14.4 Å². The fraction of sp³-hybridized carbons (Fsp3) is 0.467. The Morgan fingerprint density at radius 1 is 1.25 bits per heavy atom. The summed E-state index contributed by atoms with van der Waals surface area (Å²) in [4.78, 5) is 25.2. The van der Waals surface area contributed by atoms with Gasteiger partial charge in [-0.05, 0) is 38.0 Å². The minimum atomic E-state index is -0.385. The smallest absolute Gasteiger partial charge is 0.338 e. The predicted molar refractivity (Wildman–Crippen MR) is 73.7 cm³/mol. The maximum absolute atomic E-state index is 11.8. The van der Waals surface area contributed by atoms with Crippen molar-refractivity contribution in [1.29, 1.82) is 0 Å². The first-order valence-electron chi connectivity index (χ1n) is 6.88. The second-order valence-electron chi connectivity index (χ2n) is 4.62. The van der Waals surface area contributed by atoms with Gasteiger partial charge in [-0.1, -0.05) is 6.07 Å². The van der Waals surface area contributed by atoms with Gasteiger partial charge in [0.1, 0.15) is 5.75 Å². The highest BCUT2D eigenvalue weighted by Crippen LogP contribution is 2.15. The summed E-state index contributed by atoms with van der Waals surface area (Å²) in [7, 11) is 0. The second-order valence-corrected chi connectivity index (χ2v) is 4.62. The molecule has 0 unspecified atom stereocenters. The van der Waals surface area contributed by atoms with Crippen LogP contribution in [0.15, 0.2) is 24.3 Å². The number of ether oxygens (including phenoxy) is 2. The lowest BCUT2D eigenvalue weighted by Gasteiger charge is -2.15. The molecule has 0 bridgehead atoms. The Balaban J connectivity index is 1.90. The van der Waals surface area contributed by atoms with Crippen molar-refractivity contribution >= 4 is 11.9 Å². The van der Waals surface area contributed by atoms with Crippen molar-refractivity contribution in [1.82, 2.24) is 4.90 Å². The Morgan fingerprint density at radius 3 is 2.70 bits per heavy atom. The van der Waals surface area contributed by atoms with Crippen molar-refractivity contribution in [2.75, 3.05) is 26.3 Å². The number of amides is 1. The Labute approximate surface area is 118 Å². The summed E-state index contributed by atoms with van der Waals surface area (Å²) in [6.07, 6.45) is 2.12. The average molecular weight is 277 g/mol. The Hall–Kier alpha value is -2.04. The molecule has 5 nitrogen and oxygen atoms in total. The van der Waals surface area contributed by atoms with Crippen molar-refractivity contribution in [3.05, 3.63) is 29.8 Å².